The van der Waals surface area contributed by atoms with Gasteiger partial charge in [0.2, 0.25) is 17.7 Å². The molecule has 0 aromatic carbocycles. The molecule has 8 N–H and O–H groups in total. The Hall–Kier alpha value is -3.39. The molecule has 4 unspecified atom stereocenters. The van der Waals surface area contributed by atoms with Gasteiger partial charge in [-0.25, -0.2) is 14.8 Å². The van der Waals surface area contributed by atoms with Crippen LogP contribution in [0, 0.1) is 5.92 Å². The van der Waals surface area contributed by atoms with Crippen molar-refractivity contribution >= 4 is 35.5 Å². The molecule has 0 radical (unpaired) electrons. The quantitative estimate of drug-likeness (QED) is 0.148. The fraction of sp³-hybridized carbons (Fsp3) is 0.565. The highest BCUT2D eigenvalue weighted by Crippen LogP contribution is 2.09. The largest absolute Gasteiger partial charge is 0.480 e. The lowest BCUT2D eigenvalue weighted by molar-refractivity contribution is -0.142. The third kappa shape index (κ3) is 10.2. The average molecular weight is 537 g/mol. The summed E-state index contributed by atoms with van der Waals surface area (Å²) in [4.78, 5) is 64.3. The molecule has 0 saturated heterocycles. The number of hydrogen-bond acceptors (Lipinski definition) is 8. The van der Waals surface area contributed by atoms with Gasteiger partial charge in [-0.1, -0.05) is 13.8 Å². The first-order valence-electron chi connectivity index (χ1n) is 11.9. The van der Waals surface area contributed by atoms with Gasteiger partial charge in [-0.2, -0.15) is 11.8 Å². The van der Waals surface area contributed by atoms with Crippen LogP contribution in [0.2, 0.25) is 0 Å². The predicted molar refractivity (Wildman–Crippen MR) is 138 cm³/mol. The first kappa shape index (κ1) is 29.8. The van der Waals surface area contributed by atoms with Crippen molar-refractivity contribution in [1.29, 1.82) is 0 Å². The van der Waals surface area contributed by atoms with E-state index in [1.54, 1.807) is 11.8 Å². The van der Waals surface area contributed by atoms with Crippen molar-refractivity contribution in [2.24, 2.45) is 11.7 Å². The van der Waals surface area contributed by atoms with Crippen molar-refractivity contribution < 1.29 is 24.3 Å². The Labute approximate surface area is 219 Å². The molecule has 3 amide bonds. The highest BCUT2D eigenvalue weighted by molar-refractivity contribution is 7.98. The molecular weight excluding hydrogens is 500 g/mol. The Balaban J connectivity index is 2.15. The highest BCUT2D eigenvalue weighted by atomic mass is 32.2. The van der Waals surface area contributed by atoms with E-state index in [1.165, 1.54) is 25.0 Å². The Kier molecular flexibility index (Phi) is 12.1. The van der Waals surface area contributed by atoms with E-state index in [9.17, 15) is 24.3 Å². The lowest BCUT2D eigenvalue weighted by Crippen LogP contribution is -2.58. The second-order valence-electron chi connectivity index (χ2n) is 9.10. The van der Waals surface area contributed by atoms with Crippen LogP contribution in [0.1, 0.15) is 38.1 Å². The van der Waals surface area contributed by atoms with E-state index in [4.69, 9.17) is 5.73 Å². The number of amides is 3. The van der Waals surface area contributed by atoms with Crippen molar-refractivity contribution in [1.82, 2.24) is 35.9 Å². The predicted octanol–water partition coefficient (Wildman–Crippen LogP) is -0.416. The Morgan fingerprint density at radius 2 is 1.43 bits per heavy atom. The molecule has 2 heterocycles. The number of aromatic amines is 2. The zero-order valence-electron chi connectivity index (χ0n) is 21.2. The molecule has 4 atom stereocenters. The molecule has 0 aliphatic carbocycles. The van der Waals surface area contributed by atoms with Gasteiger partial charge in [0.05, 0.1) is 18.7 Å². The van der Waals surface area contributed by atoms with Gasteiger partial charge in [-0.3, -0.25) is 14.4 Å². The highest BCUT2D eigenvalue weighted by Gasteiger charge is 2.31. The van der Waals surface area contributed by atoms with Gasteiger partial charge in [0, 0.05) is 36.6 Å². The van der Waals surface area contributed by atoms with Crippen molar-refractivity contribution in [2.75, 3.05) is 12.0 Å². The minimum atomic E-state index is -1.23. The van der Waals surface area contributed by atoms with Crippen LogP contribution >= 0.6 is 11.8 Å². The number of aliphatic carboxylic acids is 1. The second-order valence-corrected chi connectivity index (χ2v) is 10.1. The normalized spacial score (nSPS) is 14.4. The molecule has 0 fully saturated rings. The molecule has 0 aliphatic rings. The maximum Gasteiger partial charge on any atom is 0.326 e. The van der Waals surface area contributed by atoms with E-state index in [0.29, 0.717) is 23.6 Å². The topological polar surface area (TPSA) is 208 Å². The van der Waals surface area contributed by atoms with Crippen molar-refractivity contribution in [3.05, 3.63) is 36.4 Å². The molecule has 204 valence electrons. The number of thioether (sulfide) groups is 1. The number of H-pyrrole nitrogens is 2. The van der Waals surface area contributed by atoms with Crippen LogP contribution in [0.5, 0.6) is 0 Å². The van der Waals surface area contributed by atoms with Crippen LogP contribution in [0.4, 0.5) is 0 Å². The first-order chi connectivity index (χ1) is 17.6. The summed E-state index contributed by atoms with van der Waals surface area (Å²) in [6.45, 7) is 3.75. The van der Waals surface area contributed by atoms with Crippen LogP contribution in [-0.2, 0) is 32.0 Å². The van der Waals surface area contributed by atoms with Gasteiger partial charge >= 0.3 is 5.97 Å². The number of rotatable bonds is 16. The standard InChI is InChI=1S/C23H36N8O5S/c1-13(2)6-17(21(33)31-19(23(35)36)8-15-10-26-12-28-15)30-22(34)18(7-14-9-25-11-27-14)29-20(32)16(24)4-5-37-3/h9-13,16-19H,4-8,24H2,1-3H3,(H,25,27)(H,26,28)(H,29,32)(H,30,34)(H,31,33)(H,35,36). The fourth-order valence-corrected chi connectivity index (χ4v) is 4.03. The molecular formula is C23H36N8O5S. The summed E-state index contributed by atoms with van der Waals surface area (Å²) in [5.41, 5.74) is 7.12. The number of carbonyl (C=O) groups excluding carboxylic acids is 3. The Bertz CT molecular complexity index is 999. The zero-order chi connectivity index (χ0) is 27.4. The monoisotopic (exact) mass is 536 g/mol. The molecule has 37 heavy (non-hydrogen) atoms. The number of nitrogens with one attached hydrogen (secondary N) is 5. The second kappa shape index (κ2) is 15.0. The number of carboxylic acid groups (broad SMARTS) is 1. The van der Waals surface area contributed by atoms with E-state index in [-0.39, 0.29) is 25.2 Å². The number of aromatic nitrogens is 4. The maximum absolute atomic E-state index is 13.3. The van der Waals surface area contributed by atoms with Crippen LogP contribution in [0.25, 0.3) is 0 Å². The van der Waals surface area contributed by atoms with Gasteiger partial charge in [0.15, 0.2) is 0 Å². The van der Waals surface area contributed by atoms with Crippen LogP contribution in [0.3, 0.4) is 0 Å². The van der Waals surface area contributed by atoms with Crippen molar-refractivity contribution in [3.8, 4) is 0 Å². The summed E-state index contributed by atoms with van der Waals surface area (Å²) in [5, 5.41) is 17.5. The Morgan fingerprint density at radius 3 is 1.92 bits per heavy atom. The summed E-state index contributed by atoms with van der Waals surface area (Å²) in [6.07, 6.45) is 8.57. The SMILES string of the molecule is CSCCC(N)C(=O)NC(Cc1cnc[nH]1)C(=O)NC(CC(C)C)C(=O)NC(Cc1cnc[nH]1)C(=O)O. The lowest BCUT2D eigenvalue weighted by atomic mass is 10.0. The van der Waals surface area contributed by atoms with Crippen molar-refractivity contribution in [2.45, 2.75) is 63.7 Å². The number of nitrogens with two attached hydrogens (primary N) is 1. The van der Waals surface area contributed by atoms with Crippen molar-refractivity contribution in [3.63, 3.8) is 0 Å². The van der Waals surface area contributed by atoms with Gasteiger partial charge in [0.1, 0.15) is 18.1 Å². The number of imidazole rings is 2. The lowest BCUT2D eigenvalue weighted by Gasteiger charge is -2.26. The first-order valence-corrected chi connectivity index (χ1v) is 13.3. The molecule has 0 aliphatic heterocycles. The average Bonchev–Trinajstić information content (AvgIpc) is 3.55. The molecule has 2 aromatic rings. The smallest absolute Gasteiger partial charge is 0.326 e. The zero-order valence-corrected chi connectivity index (χ0v) is 22.0. The summed E-state index contributed by atoms with van der Waals surface area (Å²) in [7, 11) is 0. The van der Waals surface area contributed by atoms with Crippen LogP contribution < -0.4 is 21.7 Å². The summed E-state index contributed by atoms with van der Waals surface area (Å²) in [6, 6.07) is -4.08. The Morgan fingerprint density at radius 1 is 0.919 bits per heavy atom. The van der Waals surface area contributed by atoms with E-state index < -0.39 is 47.9 Å². The van der Waals surface area contributed by atoms with Crippen LogP contribution in [0.15, 0.2) is 25.0 Å². The number of hydrogen-bond donors (Lipinski definition) is 7. The van der Waals surface area contributed by atoms with E-state index in [1.807, 2.05) is 20.1 Å². The van der Waals surface area contributed by atoms with E-state index in [2.05, 4.69) is 35.9 Å². The minimum absolute atomic E-state index is 0.00411. The summed E-state index contributed by atoms with van der Waals surface area (Å²) in [5.74, 6) is -2.25. The fourth-order valence-electron chi connectivity index (χ4n) is 3.54. The summed E-state index contributed by atoms with van der Waals surface area (Å²) < 4.78 is 0. The minimum Gasteiger partial charge on any atom is -0.480 e. The van der Waals surface area contributed by atoms with Gasteiger partial charge in [-0.05, 0) is 30.8 Å². The van der Waals surface area contributed by atoms with Gasteiger partial charge in [-0.15, -0.1) is 0 Å². The molecule has 0 bridgehead atoms. The molecule has 0 saturated carbocycles. The third-order valence-electron chi connectivity index (χ3n) is 5.52. The number of nitrogens with zero attached hydrogens (tertiary/aromatic N) is 2. The third-order valence-corrected chi connectivity index (χ3v) is 6.16. The number of carbonyl (C=O) groups is 4. The molecule has 2 aromatic heterocycles. The number of carboxylic acids is 1. The van der Waals surface area contributed by atoms with Gasteiger partial charge < -0.3 is 36.8 Å². The van der Waals surface area contributed by atoms with E-state index >= 15 is 0 Å². The maximum atomic E-state index is 13.3. The molecule has 13 nitrogen and oxygen atoms in total. The summed E-state index contributed by atoms with van der Waals surface area (Å²) >= 11 is 1.56. The van der Waals surface area contributed by atoms with E-state index in [0.717, 1.165) is 0 Å². The van der Waals surface area contributed by atoms with Crippen LogP contribution in [-0.4, -0.2) is 84.9 Å². The molecule has 2 rings (SSSR count). The molecule has 0 spiro atoms. The molecule has 14 heteroatoms. The van der Waals surface area contributed by atoms with Gasteiger partial charge in [0.25, 0.3) is 0 Å².